The van der Waals surface area contributed by atoms with Gasteiger partial charge in [0.1, 0.15) is 6.29 Å². The van der Waals surface area contributed by atoms with Crippen molar-refractivity contribution in [2.24, 2.45) is 11.3 Å². The third-order valence-electron chi connectivity index (χ3n) is 2.52. The largest absolute Gasteiger partial charge is 0.303 e. The predicted molar refractivity (Wildman–Crippen MR) is 49.9 cm³/mol. The summed E-state index contributed by atoms with van der Waals surface area (Å²) in [6.07, 6.45) is 3.63. The van der Waals surface area contributed by atoms with Crippen molar-refractivity contribution in [2.45, 2.75) is 26.7 Å². The summed E-state index contributed by atoms with van der Waals surface area (Å²) >= 11 is 1.99. The summed E-state index contributed by atoms with van der Waals surface area (Å²) in [5, 5.41) is 0. The van der Waals surface area contributed by atoms with E-state index in [1.807, 2.05) is 11.8 Å². The quantitative estimate of drug-likeness (QED) is 0.595. The number of hydrogen-bond acceptors (Lipinski definition) is 2. The third-order valence-corrected chi connectivity index (χ3v) is 3.73. The molecule has 1 heterocycles. The lowest BCUT2D eigenvalue weighted by Crippen LogP contribution is -2.29. The average Bonchev–Trinajstić information content (AvgIpc) is 2.06. The van der Waals surface area contributed by atoms with E-state index in [0.29, 0.717) is 5.92 Å². The molecule has 1 unspecified atom stereocenters. The van der Waals surface area contributed by atoms with Crippen molar-refractivity contribution in [1.29, 1.82) is 0 Å². The van der Waals surface area contributed by atoms with E-state index in [-0.39, 0.29) is 5.41 Å². The Labute approximate surface area is 72.9 Å². The molecule has 1 rings (SSSR count). The van der Waals surface area contributed by atoms with Gasteiger partial charge in [0.05, 0.1) is 0 Å². The molecule has 0 saturated carbocycles. The zero-order valence-electron chi connectivity index (χ0n) is 7.30. The van der Waals surface area contributed by atoms with Gasteiger partial charge in [0.15, 0.2) is 0 Å². The Kier molecular flexibility index (Phi) is 2.99. The minimum absolute atomic E-state index is 0.0899. The SMILES string of the molecule is CC(C)(C=O)C1CCCSC1. The molecule has 0 spiro atoms. The lowest BCUT2D eigenvalue weighted by atomic mass is 9.79. The van der Waals surface area contributed by atoms with Crippen LogP contribution in [0.15, 0.2) is 0 Å². The van der Waals surface area contributed by atoms with Gasteiger partial charge in [-0.3, -0.25) is 0 Å². The van der Waals surface area contributed by atoms with Crippen molar-refractivity contribution in [3.05, 3.63) is 0 Å². The molecule has 1 nitrogen and oxygen atoms in total. The minimum Gasteiger partial charge on any atom is -0.303 e. The van der Waals surface area contributed by atoms with Crippen molar-refractivity contribution >= 4 is 18.0 Å². The molecule has 0 N–H and O–H groups in total. The van der Waals surface area contributed by atoms with E-state index in [2.05, 4.69) is 13.8 Å². The number of aldehydes is 1. The highest BCUT2D eigenvalue weighted by molar-refractivity contribution is 7.99. The zero-order chi connectivity index (χ0) is 8.32. The first-order valence-electron chi connectivity index (χ1n) is 4.21. The van der Waals surface area contributed by atoms with Gasteiger partial charge in [-0.25, -0.2) is 0 Å². The Morgan fingerprint density at radius 1 is 1.55 bits per heavy atom. The van der Waals surface area contributed by atoms with Crippen LogP contribution in [0, 0.1) is 11.3 Å². The molecule has 0 amide bonds. The van der Waals surface area contributed by atoms with Gasteiger partial charge in [0, 0.05) is 5.41 Å². The summed E-state index contributed by atoms with van der Waals surface area (Å²) in [4.78, 5) is 10.7. The minimum atomic E-state index is -0.0899. The first-order chi connectivity index (χ1) is 5.17. The van der Waals surface area contributed by atoms with E-state index >= 15 is 0 Å². The highest BCUT2D eigenvalue weighted by Gasteiger charge is 2.30. The van der Waals surface area contributed by atoms with E-state index in [1.165, 1.54) is 24.3 Å². The maximum absolute atomic E-state index is 10.7. The second kappa shape index (κ2) is 3.61. The van der Waals surface area contributed by atoms with E-state index < -0.39 is 0 Å². The maximum atomic E-state index is 10.7. The van der Waals surface area contributed by atoms with Crippen molar-refractivity contribution in [3.63, 3.8) is 0 Å². The number of carbonyl (C=O) groups excluding carboxylic acids is 1. The van der Waals surface area contributed by atoms with Gasteiger partial charge < -0.3 is 4.79 Å². The summed E-state index contributed by atoms with van der Waals surface area (Å²) in [5.74, 6) is 3.07. The Bertz CT molecular complexity index is 136. The molecule has 1 atom stereocenters. The number of rotatable bonds is 2. The number of thioether (sulfide) groups is 1. The van der Waals surface area contributed by atoms with E-state index in [4.69, 9.17) is 0 Å². The second-order valence-corrected chi connectivity index (χ2v) is 5.00. The molecule has 64 valence electrons. The molecular weight excluding hydrogens is 156 g/mol. The van der Waals surface area contributed by atoms with Crippen molar-refractivity contribution < 1.29 is 4.79 Å². The van der Waals surface area contributed by atoms with Crippen molar-refractivity contribution in [3.8, 4) is 0 Å². The van der Waals surface area contributed by atoms with Crippen LogP contribution in [0.25, 0.3) is 0 Å². The van der Waals surface area contributed by atoms with Crippen LogP contribution in [-0.4, -0.2) is 17.8 Å². The lowest BCUT2D eigenvalue weighted by molar-refractivity contribution is -0.116. The van der Waals surface area contributed by atoms with Gasteiger partial charge in [-0.15, -0.1) is 0 Å². The molecule has 11 heavy (non-hydrogen) atoms. The fourth-order valence-corrected chi connectivity index (χ4v) is 2.84. The molecule has 1 fully saturated rings. The zero-order valence-corrected chi connectivity index (χ0v) is 8.12. The Hall–Kier alpha value is 0.0200. The highest BCUT2D eigenvalue weighted by Crippen LogP contribution is 2.35. The van der Waals surface area contributed by atoms with Crippen LogP contribution < -0.4 is 0 Å². The van der Waals surface area contributed by atoms with E-state index in [1.54, 1.807) is 0 Å². The van der Waals surface area contributed by atoms with Crippen molar-refractivity contribution in [1.82, 2.24) is 0 Å². The van der Waals surface area contributed by atoms with Gasteiger partial charge in [-0.1, -0.05) is 13.8 Å². The molecule has 0 aromatic carbocycles. The molecular formula is C9H16OS. The summed E-state index contributed by atoms with van der Waals surface area (Å²) in [5.41, 5.74) is -0.0899. The Balaban J connectivity index is 2.50. The van der Waals surface area contributed by atoms with Gasteiger partial charge >= 0.3 is 0 Å². The monoisotopic (exact) mass is 172 g/mol. The standard InChI is InChI=1S/C9H16OS/c1-9(2,7-10)8-4-3-5-11-6-8/h7-8H,3-6H2,1-2H3. The van der Waals surface area contributed by atoms with Crippen LogP contribution in [0.4, 0.5) is 0 Å². The Morgan fingerprint density at radius 3 is 2.73 bits per heavy atom. The molecule has 0 aliphatic carbocycles. The van der Waals surface area contributed by atoms with Crippen LogP contribution in [-0.2, 0) is 4.79 Å². The first kappa shape index (κ1) is 9.11. The van der Waals surface area contributed by atoms with Gasteiger partial charge in [-0.2, -0.15) is 11.8 Å². The number of carbonyl (C=O) groups is 1. The topological polar surface area (TPSA) is 17.1 Å². The third kappa shape index (κ3) is 2.22. The molecule has 0 bridgehead atoms. The fraction of sp³-hybridized carbons (Fsp3) is 0.889. The van der Waals surface area contributed by atoms with Crippen LogP contribution in [0.5, 0.6) is 0 Å². The average molecular weight is 172 g/mol. The van der Waals surface area contributed by atoms with Gasteiger partial charge in [0.2, 0.25) is 0 Å². The van der Waals surface area contributed by atoms with Crippen LogP contribution in [0.2, 0.25) is 0 Å². The van der Waals surface area contributed by atoms with Crippen LogP contribution in [0.3, 0.4) is 0 Å². The molecule has 0 aromatic heterocycles. The van der Waals surface area contributed by atoms with E-state index in [9.17, 15) is 4.79 Å². The molecule has 1 aliphatic heterocycles. The van der Waals surface area contributed by atoms with E-state index in [0.717, 1.165) is 6.29 Å². The maximum Gasteiger partial charge on any atom is 0.125 e. The normalized spacial score (nSPS) is 26.5. The molecule has 1 saturated heterocycles. The van der Waals surface area contributed by atoms with Crippen LogP contribution >= 0.6 is 11.8 Å². The fourth-order valence-electron chi connectivity index (χ4n) is 1.42. The summed E-state index contributed by atoms with van der Waals surface area (Å²) in [6, 6.07) is 0. The summed E-state index contributed by atoms with van der Waals surface area (Å²) < 4.78 is 0. The summed E-state index contributed by atoms with van der Waals surface area (Å²) in [7, 11) is 0. The first-order valence-corrected chi connectivity index (χ1v) is 5.36. The van der Waals surface area contributed by atoms with Gasteiger partial charge in [0.25, 0.3) is 0 Å². The second-order valence-electron chi connectivity index (χ2n) is 3.85. The van der Waals surface area contributed by atoms with Crippen LogP contribution in [0.1, 0.15) is 26.7 Å². The predicted octanol–water partition coefficient (Wildman–Crippen LogP) is 2.35. The van der Waals surface area contributed by atoms with Crippen molar-refractivity contribution in [2.75, 3.05) is 11.5 Å². The Morgan fingerprint density at radius 2 is 2.27 bits per heavy atom. The molecule has 0 radical (unpaired) electrons. The molecule has 1 aliphatic rings. The smallest absolute Gasteiger partial charge is 0.125 e. The molecule has 2 heteroatoms. The highest BCUT2D eigenvalue weighted by atomic mass is 32.2. The van der Waals surface area contributed by atoms with Gasteiger partial charge in [-0.05, 0) is 30.3 Å². The summed E-state index contributed by atoms with van der Waals surface area (Å²) in [6.45, 7) is 4.10. The lowest BCUT2D eigenvalue weighted by Gasteiger charge is -2.31. The molecule has 0 aromatic rings. The number of hydrogen-bond donors (Lipinski definition) is 0.